The Morgan fingerprint density at radius 3 is 2.32 bits per heavy atom. The molecule has 0 unspecified atom stereocenters. The molecule has 34 heavy (non-hydrogen) atoms. The highest BCUT2D eigenvalue weighted by Crippen LogP contribution is 2.26. The molecule has 2 amide bonds. The van der Waals surface area contributed by atoms with Gasteiger partial charge in [0.2, 0.25) is 0 Å². The molecule has 0 saturated carbocycles. The van der Waals surface area contributed by atoms with Crippen LogP contribution in [0.1, 0.15) is 20.7 Å². The second-order valence-electron chi connectivity index (χ2n) is 6.81. The van der Waals surface area contributed by atoms with Crippen LogP contribution in [0.2, 0.25) is 5.02 Å². The Bertz CT molecular complexity index is 1250. The number of alkyl halides is 3. The van der Waals surface area contributed by atoms with Gasteiger partial charge in [0.05, 0.1) is 26.8 Å². The van der Waals surface area contributed by atoms with Crippen LogP contribution in [0.25, 0.3) is 0 Å². The lowest BCUT2D eigenvalue weighted by Gasteiger charge is -2.13. The lowest BCUT2D eigenvalue weighted by atomic mass is 10.1. The van der Waals surface area contributed by atoms with Gasteiger partial charge in [0.25, 0.3) is 17.5 Å². The van der Waals surface area contributed by atoms with E-state index in [4.69, 9.17) is 11.6 Å². The number of ether oxygens (including phenoxy) is 1. The number of nitrogens with zero attached hydrogens (tertiary/aromatic N) is 1. The van der Waals surface area contributed by atoms with Gasteiger partial charge >= 0.3 is 6.18 Å². The number of carbonyl (C=O) groups is 2. The average molecular weight is 494 g/mol. The molecule has 0 bridgehead atoms. The van der Waals surface area contributed by atoms with Crippen molar-refractivity contribution < 1.29 is 32.4 Å². The Hall–Kier alpha value is -4.12. The normalized spacial score (nSPS) is 10.9. The van der Waals surface area contributed by atoms with Crippen molar-refractivity contribution in [1.82, 2.24) is 0 Å². The van der Waals surface area contributed by atoms with Crippen molar-refractivity contribution in [2.75, 3.05) is 17.2 Å². The van der Waals surface area contributed by atoms with Gasteiger partial charge < -0.3 is 15.4 Å². The van der Waals surface area contributed by atoms with E-state index >= 15 is 0 Å². The Labute approximate surface area is 195 Å². The maximum Gasteiger partial charge on any atom is 0.422 e. The smallest absolute Gasteiger partial charge is 0.422 e. The number of amides is 2. The van der Waals surface area contributed by atoms with Crippen molar-refractivity contribution in [3.05, 3.63) is 93.0 Å². The number of nitrogens with one attached hydrogen (secondary N) is 2. The van der Waals surface area contributed by atoms with Crippen molar-refractivity contribution in [3.63, 3.8) is 0 Å². The molecule has 0 fully saturated rings. The van der Waals surface area contributed by atoms with Crippen LogP contribution in [-0.2, 0) is 0 Å². The van der Waals surface area contributed by atoms with Crippen molar-refractivity contribution in [2.24, 2.45) is 0 Å². The number of carbonyl (C=O) groups excluding carboxylic acids is 2. The zero-order chi connectivity index (χ0) is 24.9. The molecule has 3 rings (SSSR count). The van der Waals surface area contributed by atoms with Crippen molar-refractivity contribution in [1.29, 1.82) is 0 Å². The largest absolute Gasteiger partial charge is 0.484 e. The van der Waals surface area contributed by atoms with Crippen LogP contribution < -0.4 is 15.4 Å². The van der Waals surface area contributed by atoms with Crippen LogP contribution >= 0.6 is 11.6 Å². The molecule has 176 valence electrons. The van der Waals surface area contributed by atoms with E-state index in [0.29, 0.717) is 0 Å². The molecule has 2 N–H and O–H groups in total. The first-order chi connectivity index (χ1) is 16.0. The second-order valence-corrected chi connectivity index (χ2v) is 7.21. The molecule has 0 aliphatic carbocycles. The van der Waals surface area contributed by atoms with Crippen LogP contribution in [-0.4, -0.2) is 29.5 Å². The van der Waals surface area contributed by atoms with Gasteiger partial charge in [-0.15, -0.1) is 0 Å². The predicted octanol–water partition coefficient (Wildman–Crippen LogP) is 5.69. The summed E-state index contributed by atoms with van der Waals surface area (Å²) in [5.74, 6) is -1.45. The molecule has 0 aliphatic rings. The van der Waals surface area contributed by atoms with Crippen LogP contribution in [0, 0.1) is 10.1 Å². The molecule has 0 atom stereocenters. The lowest BCUT2D eigenvalue weighted by molar-refractivity contribution is -0.384. The summed E-state index contributed by atoms with van der Waals surface area (Å²) in [6, 6.07) is 14.7. The molecule has 0 heterocycles. The first-order valence-electron chi connectivity index (χ1n) is 9.49. The number of para-hydroxylation sites is 1. The summed E-state index contributed by atoms with van der Waals surface area (Å²) in [7, 11) is 0. The van der Waals surface area contributed by atoms with Crippen molar-refractivity contribution >= 4 is 40.5 Å². The molecule has 0 saturated heterocycles. The van der Waals surface area contributed by atoms with Crippen molar-refractivity contribution in [2.45, 2.75) is 6.18 Å². The summed E-state index contributed by atoms with van der Waals surface area (Å²) in [5, 5.41) is 15.7. The molecule has 3 aromatic rings. The molecule has 0 aromatic heterocycles. The van der Waals surface area contributed by atoms with Gasteiger partial charge in [-0.25, -0.2) is 0 Å². The van der Waals surface area contributed by atoms with Crippen molar-refractivity contribution in [3.8, 4) is 5.75 Å². The lowest BCUT2D eigenvalue weighted by Crippen LogP contribution is -2.20. The van der Waals surface area contributed by atoms with Crippen LogP contribution in [0.5, 0.6) is 5.75 Å². The van der Waals surface area contributed by atoms with Crippen LogP contribution in [0.15, 0.2) is 66.7 Å². The molecule has 12 heteroatoms. The average Bonchev–Trinajstić information content (AvgIpc) is 2.77. The molecular weight excluding hydrogens is 479 g/mol. The maximum absolute atomic E-state index is 12.8. The first kappa shape index (κ1) is 24.5. The number of non-ortho nitro benzene ring substituents is 1. The van der Waals surface area contributed by atoms with E-state index in [1.165, 1.54) is 42.5 Å². The number of anilines is 2. The topological polar surface area (TPSA) is 111 Å². The summed E-state index contributed by atoms with van der Waals surface area (Å²) in [4.78, 5) is 35.6. The fourth-order valence-electron chi connectivity index (χ4n) is 2.81. The minimum absolute atomic E-state index is 0.0445. The number of rotatable bonds is 7. The summed E-state index contributed by atoms with van der Waals surface area (Å²) >= 11 is 5.99. The van der Waals surface area contributed by atoms with E-state index in [1.807, 2.05) is 0 Å². The molecular formula is C22H15ClF3N3O5. The third-order valence-electron chi connectivity index (χ3n) is 4.32. The Morgan fingerprint density at radius 1 is 0.941 bits per heavy atom. The SMILES string of the molecule is O=C(Nc1ccccc1C(=O)Nc1cccc(OCC(F)(F)F)c1)c1ccc([N+](=O)[O-])cc1Cl. The molecule has 0 aliphatic heterocycles. The van der Waals surface area contributed by atoms with E-state index in [-0.39, 0.29) is 39.0 Å². The van der Waals surface area contributed by atoms with E-state index in [2.05, 4.69) is 15.4 Å². The number of hydrogen-bond donors (Lipinski definition) is 2. The van der Waals surface area contributed by atoms with Gasteiger partial charge in [0, 0.05) is 23.9 Å². The fraction of sp³-hybridized carbons (Fsp3) is 0.0909. The highest BCUT2D eigenvalue weighted by Gasteiger charge is 2.28. The highest BCUT2D eigenvalue weighted by atomic mass is 35.5. The third kappa shape index (κ3) is 6.45. The number of halogens is 4. The van der Waals surface area contributed by atoms with E-state index in [9.17, 15) is 32.9 Å². The molecule has 8 nitrogen and oxygen atoms in total. The Balaban J connectivity index is 1.76. The van der Waals surface area contributed by atoms with Crippen LogP contribution in [0.4, 0.5) is 30.2 Å². The fourth-order valence-corrected chi connectivity index (χ4v) is 3.07. The molecule has 3 aromatic carbocycles. The minimum Gasteiger partial charge on any atom is -0.484 e. The monoisotopic (exact) mass is 493 g/mol. The van der Waals surface area contributed by atoms with Gasteiger partial charge in [0.15, 0.2) is 6.61 Å². The van der Waals surface area contributed by atoms with E-state index < -0.39 is 29.5 Å². The van der Waals surface area contributed by atoms with E-state index in [0.717, 1.165) is 12.1 Å². The van der Waals surface area contributed by atoms with Gasteiger partial charge in [0.1, 0.15) is 5.75 Å². The number of nitro benzene ring substituents is 1. The summed E-state index contributed by atoms with van der Waals surface area (Å²) in [6.07, 6.45) is -4.51. The van der Waals surface area contributed by atoms with Crippen LogP contribution in [0.3, 0.4) is 0 Å². The number of nitro groups is 1. The zero-order valence-electron chi connectivity index (χ0n) is 17.1. The number of benzene rings is 3. The van der Waals surface area contributed by atoms with E-state index in [1.54, 1.807) is 12.1 Å². The van der Waals surface area contributed by atoms with Gasteiger partial charge in [-0.3, -0.25) is 19.7 Å². The summed E-state index contributed by atoms with van der Waals surface area (Å²) in [6.45, 7) is -1.48. The summed E-state index contributed by atoms with van der Waals surface area (Å²) < 4.78 is 41.7. The molecule has 0 spiro atoms. The Morgan fingerprint density at radius 2 is 1.65 bits per heavy atom. The summed E-state index contributed by atoms with van der Waals surface area (Å²) in [5.41, 5.74) is 0.00312. The van der Waals surface area contributed by atoms with Gasteiger partial charge in [-0.1, -0.05) is 29.8 Å². The number of hydrogen-bond acceptors (Lipinski definition) is 5. The van der Waals surface area contributed by atoms with Gasteiger partial charge in [-0.05, 0) is 30.3 Å². The predicted molar refractivity (Wildman–Crippen MR) is 118 cm³/mol. The third-order valence-corrected chi connectivity index (χ3v) is 4.64. The highest BCUT2D eigenvalue weighted by molar-refractivity contribution is 6.34. The Kier molecular flexibility index (Phi) is 7.37. The minimum atomic E-state index is -4.51. The quantitative estimate of drug-likeness (QED) is 0.324. The molecule has 0 radical (unpaired) electrons. The maximum atomic E-state index is 12.8. The van der Waals surface area contributed by atoms with Gasteiger partial charge in [-0.2, -0.15) is 13.2 Å². The first-order valence-corrected chi connectivity index (χ1v) is 9.86. The second kappa shape index (κ2) is 10.2. The zero-order valence-corrected chi connectivity index (χ0v) is 17.8. The standard InChI is InChI=1S/C22H15ClF3N3O5/c23-18-11-14(29(32)33)8-9-16(18)20(30)28-19-7-2-1-6-17(19)21(31)27-13-4-3-5-15(10-13)34-12-22(24,25)26/h1-11H,12H2,(H,27,31)(H,28,30).